The second-order valence-electron chi connectivity index (χ2n) is 5.20. The summed E-state index contributed by atoms with van der Waals surface area (Å²) in [6.07, 6.45) is 3.30. The average Bonchev–Trinajstić information content (AvgIpc) is 3.29. The van der Waals surface area contributed by atoms with Crippen molar-refractivity contribution in [3.8, 4) is 5.75 Å². The Kier molecular flexibility index (Phi) is 4.79. The van der Waals surface area contributed by atoms with Gasteiger partial charge >= 0.3 is 0 Å². The van der Waals surface area contributed by atoms with E-state index in [2.05, 4.69) is 5.32 Å². The molecule has 4 nitrogen and oxygen atoms in total. The summed E-state index contributed by atoms with van der Waals surface area (Å²) in [5, 5.41) is 12.7. The molecule has 0 heterocycles. The summed E-state index contributed by atoms with van der Waals surface area (Å²) in [4.78, 5) is 11.7. The summed E-state index contributed by atoms with van der Waals surface area (Å²) in [5.74, 6) is 1.20. The maximum atomic E-state index is 11.7. The molecule has 1 aromatic carbocycles. The van der Waals surface area contributed by atoms with Gasteiger partial charge < -0.3 is 15.2 Å². The molecule has 1 amide bonds. The molecule has 1 aliphatic rings. The van der Waals surface area contributed by atoms with Crippen molar-refractivity contribution in [2.24, 2.45) is 5.92 Å². The number of methoxy groups -OCH3 is 1. The number of carbonyl (C=O) groups is 1. The van der Waals surface area contributed by atoms with Gasteiger partial charge in [0.15, 0.2) is 0 Å². The number of nitrogens with one attached hydrogen (secondary N) is 1. The zero-order chi connectivity index (χ0) is 14.5. The Morgan fingerprint density at radius 2 is 2.10 bits per heavy atom. The highest BCUT2D eigenvalue weighted by molar-refractivity contribution is 5.88. The smallest absolute Gasteiger partial charge is 0.244 e. The Morgan fingerprint density at radius 1 is 1.45 bits per heavy atom. The highest BCUT2D eigenvalue weighted by Crippen LogP contribution is 2.35. The van der Waals surface area contributed by atoms with E-state index >= 15 is 0 Å². The Bertz CT molecular complexity index is 489. The molecule has 0 spiro atoms. The van der Waals surface area contributed by atoms with Crippen LogP contribution in [-0.2, 0) is 4.79 Å². The van der Waals surface area contributed by atoms with Crippen LogP contribution in [0.2, 0.25) is 0 Å². The van der Waals surface area contributed by atoms with Gasteiger partial charge in [0.05, 0.1) is 13.2 Å². The van der Waals surface area contributed by atoms with Crippen LogP contribution in [0.1, 0.15) is 31.4 Å². The van der Waals surface area contributed by atoms with E-state index in [0.29, 0.717) is 5.92 Å². The Labute approximate surface area is 119 Å². The number of allylic oxidation sites excluding steroid dienone is 1. The molecule has 2 rings (SSSR count). The first-order valence-corrected chi connectivity index (χ1v) is 6.88. The van der Waals surface area contributed by atoms with Crippen LogP contribution in [0.4, 0.5) is 0 Å². The molecule has 4 heteroatoms. The van der Waals surface area contributed by atoms with Crippen LogP contribution in [0.25, 0.3) is 0 Å². The number of rotatable bonds is 6. The van der Waals surface area contributed by atoms with Gasteiger partial charge in [0, 0.05) is 12.6 Å². The Morgan fingerprint density at radius 3 is 2.65 bits per heavy atom. The van der Waals surface area contributed by atoms with Crippen LogP contribution in [0.5, 0.6) is 5.75 Å². The van der Waals surface area contributed by atoms with E-state index in [1.807, 2.05) is 6.92 Å². The largest absolute Gasteiger partial charge is 0.497 e. The molecule has 1 aliphatic carbocycles. The van der Waals surface area contributed by atoms with Crippen molar-refractivity contribution >= 4 is 5.91 Å². The summed E-state index contributed by atoms with van der Waals surface area (Å²) < 4.78 is 5.06. The standard InChI is InChI=1S/C16H21NO3/c1-11(12-3-4-12)9-16(19)17-10-15(18)13-5-7-14(20-2)8-6-13/h5-9,12,15,18H,3-4,10H2,1-2H3,(H,17,19)/b11-9-. The predicted octanol–water partition coefficient (Wildman–Crippen LogP) is 2.20. The minimum atomic E-state index is -0.709. The third-order valence-electron chi connectivity index (χ3n) is 3.55. The predicted molar refractivity (Wildman–Crippen MR) is 77.4 cm³/mol. The van der Waals surface area contributed by atoms with Crippen LogP contribution in [0.15, 0.2) is 35.9 Å². The van der Waals surface area contributed by atoms with Crippen molar-refractivity contribution in [3.63, 3.8) is 0 Å². The first kappa shape index (κ1) is 14.6. The molecule has 20 heavy (non-hydrogen) atoms. The number of amides is 1. The normalized spacial score (nSPS) is 16.6. The van der Waals surface area contributed by atoms with Crippen molar-refractivity contribution in [1.82, 2.24) is 5.32 Å². The SMILES string of the molecule is COc1ccc(C(O)CNC(=O)/C=C(/C)C2CC2)cc1. The van der Waals surface area contributed by atoms with E-state index < -0.39 is 6.10 Å². The van der Waals surface area contributed by atoms with Gasteiger partial charge in [-0.3, -0.25) is 4.79 Å². The van der Waals surface area contributed by atoms with E-state index in [0.717, 1.165) is 16.9 Å². The zero-order valence-electron chi connectivity index (χ0n) is 11.9. The molecule has 0 aliphatic heterocycles. The van der Waals surface area contributed by atoms with Gasteiger partial charge in [-0.05, 0) is 43.4 Å². The van der Waals surface area contributed by atoms with E-state index in [4.69, 9.17) is 4.74 Å². The fourth-order valence-electron chi connectivity index (χ4n) is 2.06. The van der Waals surface area contributed by atoms with E-state index in [1.54, 1.807) is 37.5 Å². The van der Waals surface area contributed by atoms with Crippen LogP contribution < -0.4 is 10.1 Å². The lowest BCUT2D eigenvalue weighted by Crippen LogP contribution is -2.27. The maximum absolute atomic E-state index is 11.7. The Hall–Kier alpha value is -1.81. The van der Waals surface area contributed by atoms with E-state index in [-0.39, 0.29) is 12.5 Å². The molecule has 0 saturated heterocycles. The number of hydrogen-bond acceptors (Lipinski definition) is 3. The highest BCUT2D eigenvalue weighted by atomic mass is 16.5. The molecule has 1 unspecified atom stereocenters. The van der Waals surface area contributed by atoms with Crippen molar-refractivity contribution in [3.05, 3.63) is 41.5 Å². The number of hydrogen-bond donors (Lipinski definition) is 2. The Balaban J connectivity index is 1.82. The molecule has 0 bridgehead atoms. The molecular formula is C16H21NO3. The number of aliphatic hydroxyl groups excluding tert-OH is 1. The topological polar surface area (TPSA) is 58.6 Å². The number of aliphatic hydroxyl groups is 1. The summed E-state index contributed by atoms with van der Waals surface area (Å²) >= 11 is 0. The molecule has 0 aromatic heterocycles. The molecule has 1 aromatic rings. The quantitative estimate of drug-likeness (QED) is 0.782. The summed E-state index contributed by atoms with van der Waals surface area (Å²) in [5.41, 5.74) is 1.88. The third-order valence-corrected chi connectivity index (χ3v) is 3.55. The number of ether oxygens (including phenoxy) is 1. The summed E-state index contributed by atoms with van der Waals surface area (Å²) in [6.45, 7) is 2.19. The summed E-state index contributed by atoms with van der Waals surface area (Å²) in [6, 6.07) is 7.16. The van der Waals surface area contributed by atoms with Crippen LogP contribution in [-0.4, -0.2) is 24.7 Å². The molecule has 1 saturated carbocycles. The fraction of sp³-hybridized carbons (Fsp3) is 0.438. The highest BCUT2D eigenvalue weighted by Gasteiger charge is 2.23. The average molecular weight is 275 g/mol. The van der Waals surface area contributed by atoms with E-state index in [9.17, 15) is 9.90 Å². The van der Waals surface area contributed by atoms with Crippen molar-refractivity contribution < 1.29 is 14.6 Å². The van der Waals surface area contributed by atoms with E-state index in [1.165, 1.54) is 12.8 Å². The molecular weight excluding hydrogens is 254 g/mol. The van der Waals surface area contributed by atoms with Gasteiger partial charge in [-0.15, -0.1) is 0 Å². The van der Waals surface area contributed by atoms with Crippen molar-refractivity contribution in [2.75, 3.05) is 13.7 Å². The minimum absolute atomic E-state index is 0.137. The van der Waals surface area contributed by atoms with Gasteiger partial charge in [-0.1, -0.05) is 17.7 Å². The van der Waals surface area contributed by atoms with Gasteiger partial charge in [-0.25, -0.2) is 0 Å². The second-order valence-corrected chi connectivity index (χ2v) is 5.20. The first-order chi connectivity index (χ1) is 9.60. The molecule has 1 atom stereocenters. The number of benzene rings is 1. The van der Waals surface area contributed by atoms with Crippen molar-refractivity contribution in [1.29, 1.82) is 0 Å². The minimum Gasteiger partial charge on any atom is -0.497 e. The van der Waals surface area contributed by atoms with Crippen LogP contribution >= 0.6 is 0 Å². The molecule has 2 N–H and O–H groups in total. The lowest BCUT2D eigenvalue weighted by molar-refractivity contribution is -0.117. The van der Waals surface area contributed by atoms with Crippen LogP contribution in [0, 0.1) is 5.92 Å². The van der Waals surface area contributed by atoms with Gasteiger partial charge in [0.2, 0.25) is 5.91 Å². The lowest BCUT2D eigenvalue weighted by atomic mass is 10.1. The van der Waals surface area contributed by atoms with Gasteiger partial charge in [0.1, 0.15) is 5.75 Å². The number of carbonyl (C=O) groups excluding carboxylic acids is 1. The maximum Gasteiger partial charge on any atom is 0.244 e. The second kappa shape index (κ2) is 6.57. The molecule has 0 radical (unpaired) electrons. The van der Waals surface area contributed by atoms with Gasteiger partial charge in [0.25, 0.3) is 0 Å². The lowest BCUT2D eigenvalue weighted by Gasteiger charge is -2.12. The monoisotopic (exact) mass is 275 g/mol. The van der Waals surface area contributed by atoms with Gasteiger partial charge in [-0.2, -0.15) is 0 Å². The summed E-state index contributed by atoms with van der Waals surface area (Å²) in [7, 11) is 1.60. The zero-order valence-corrected chi connectivity index (χ0v) is 11.9. The first-order valence-electron chi connectivity index (χ1n) is 6.88. The fourth-order valence-corrected chi connectivity index (χ4v) is 2.06. The molecule has 108 valence electrons. The van der Waals surface area contributed by atoms with Crippen LogP contribution in [0.3, 0.4) is 0 Å². The third kappa shape index (κ3) is 4.10. The molecule has 1 fully saturated rings. The van der Waals surface area contributed by atoms with Crippen molar-refractivity contribution in [2.45, 2.75) is 25.9 Å².